The lowest BCUT2D eigenvalue weighted by Gasteiger charge is -2.12. The molecule has 0 N–H and O–H groups in total. The Hall–Kier alpha value is -1.48. The highest BCUT2D eigenvalue weighted by Crippen LogP contribution is 2.24. The van der Waals surface area contributed by atoms with E-state index in [0.717, 1.165) is 35.1 Å². The fourth-order valence-electron chi connectivity index (χ4n) is 1.96. The predicted octanol–water partition coefficient (Wildman–Crippen LogP) is 3.87. The third-order valence-corrected chi connectivity index (χ3v) is 3.29. The number of ether oxygens (including phenoxy) is 1. The van der Waals surface area contributed by atoms with E-state index in [1.54, 1.807) is 0 Å². The van der Waals surface area contributed by atoms with E-state index in [-0.39, 0.29) is 6.10 Å². The van der Waals surface area contributed by atoms with Crippen LogP contribution >= 0.6 is 11.6 Å². The first-order valence-electron chi connectivity index (χ1n) is 6.49. The summed E-state index contributed by atoms with van der Waals surface area (Å²) in [4.78, 5) is 4.21. The van der Waals surface area contributed by atoms with Crippen molar-refractivity contribution < 1.29 is 4.74 Å². The highest BCUT2D eigenvalue weighted by atomic mass is 35.5. The summed E-state index contributed by atoms with van der Waals surface area (Å²) < 4.78 is 7.74. The Morgan fingerprint density at radius 2 is 2.16 bits per heavy atom. The molecule has 3 nitrogen and oxygen atoms in total. The van der Waals surface area contributed by atoms with E-state index < -0.39 is 0 Å². The van der Waals surface area contributed by atoms with Crippen LogP contribution in [-0.4, -0.2) is 15.7 Å². The second-order valence-corrected chi connectivity index (χ2v) is 5.24. The molecule has 4 heteroatoms. The SMILES string of the molecule is Cc1nccn1CCc1ccc(OC(C)C)cc1Cl. The maximum atomic E-state index is 6.29. The maximum Gasteiger partial charge on any atom is 0.121 e. The van der Waals surface area contributed by atoms with Crippen LogP contribution in [0.3, 0.4) is 0 Å². The smallest absolute Gasteiger partial charge is 0.121 e. The summed E-state index contributed by atoms with van der Waals surface area (Å²) in [5, 5.41) is 0.760. The summed E-state index contributed by atoms with van der Waals surface area (Å²) in [6.45, 7) is 6.89. The van der Waals surface area contributed by atoms with E-state index in [1.165, 1.54) is 0 Å². The molecule has 1 aromatic heterocycles. The highest BCUT2D eigenvalue weighted by molar-refractivity contribution is 6.31. The number of imidazole rings is 1. The molecule has 2 rings (SSSR count). The molecule has 0 fully saturated rings. The van der Waals surface area contributed by atoms with E-state index in [1.807, 2.05) is 51.4 Å². The molecule has 0 amide bonds. The highest BCUT2D eigenvalue weighted by Gasteiger charge is 2.05. The Bertz CT molecular complexity index is 549. The molecule has 0 aliphatic carbocycles. The zero-order chi connectivity index (χ0) is 13.8. The van der Waals surface area contributed by atoms with Gasteiger partial charge in [-0.2, -0.15) is 0 Å². The molecule has 0 bridgehead atoms. The molecule has 1 heterocycles. The number of nitrogens with zero attached hydrogens (tertiary/aromatic N) is 2. The Morgan fingerprint density at radius 1 is 1.37 bits per heavy atom. The summed E-state index contributed by atoms with van der Waals surface area (Å²) in [5.41, 5.74) is 1.13. The molecule has 0 spiro atoms. The number of aryl methyl sites for hydroxylation is 3. The fraction of sp³-hybridized carbons (Fsp3) is 0.400. The Kier molecular flexibility index (Phi) is 4.48. The third-order valence-electron chi connectivity index (χ3n) is 2.94. The van der Waals surface area contributed by atoms with Crippen LogP contribution in [0.25, 0.3) is 0 Å². The van der Waals surface area contributed by atoms with Gasteiger partial charge in [-0.15, -0.1) is 0 Å². The van der Waals surface area contributed by atoms with Gasteiger partial charge in [0.05, 0.1) is 6.10 Å². The van der Waals surface area contributed by atoms with Crippen molar-refractivity contribution in [3.8, 4) is 5.75 Å². The van der Waals surface area contributed by atoms with Gasteiger partial charge < -0.3 is 9.30 Å². The summed E-state index contributed by atoms with van der Waals surface area (Å²) in [6, 6.07) is 5.89. The van der Waals surface area contributed by atoms with Crippen LogP contribution in [0.1, 0.15) is 25.2 Å². The normalized spacial score (nSPS) is 11.0. The van der Waals surface area contributed by atoms with Crippen molar-refractivity contribution in [3.05, 3.63) is 47.0 Å². The fourth-order valence-corrected chi connectivity index (χ4v) is 2.22. The van der Waals surface area contributed by atoms with Gasteiger partial charge >= 0.3 is 0 Å². The zero-order valence-corrected chi connectivity index (χ0v) is 12.3. The minimum Gasteiger partial charge on any atom is -0.491 e. The van der Waals surface area contributed by atoms with E-state index in [4.69, 9.17) is 16.3 Å². The molecule has 0 unspecified atom stereocenters. The van der Waals surface area contributed by atoms with E-state index in [9.17, 15) is 0 Å². The monoisotopic (exact) mass is 278 g/mol. The quantitative estimate of drug-likeness (QED) is 0.830. The zero-order valence-electron chi connectivity index (χ0n) is 11.6. The average Bonchev–Trinajstić information content (AvgIpc) is 2.73. The summed E-state index contributed by atoms with van der Waals surface area (Å²) in [6.07, 6.45) is 4.85. The molecule has 0 saturated carbocycles. The predicted molar refractivity (Wildman–Crippen MR) is 77.9 cm³/mol. The molecule has 0 atom stereocenters. The number of aromatic nitrogens is 2. The molecule has 0 aliphatic heterocycles. The molecule has 0 radical (unpaired) electrons. The minimum atomic E-state index is 0.163. The number of benzene rings is 1. The molecule has 2 aromatic rings. The van der Waals surface area contributed by atoms with Gasteiger partial charge in [0.1, 0.15) is 11.6 Å². The molecule has 0 aliphatic rings. The van der Waals surface area contributed by atoms with Crippen LogP contribution < -0.4 is 4.74 Å². The molecule has 1 aromatic carbocycles. The minimum absolute atomic E-state index is 0.163. The third kappa shape index (κ3) is 3.74. The number of hydrogen-bond acceptors (Lipinski definition) is 2. The number of halogens is 1. The van der Waals surface area contributed by atoms with Crippen LogP contribution in [0.4, 0.5) is 0 Å². The van der Waals surface area contributed by atoms with Crippen LogP contribution in [0.5, 0.6) is 5.75 Å². The van der Waals surface area contributed by atoms with Crippen LogP contribution in [0.15, 0.2) is 30.6 Å². The summed E-state index contributed by atoms with van der Waals surface area (Å²) in [7, 11) is 0. The summed E-state index contributed by atoms with van der Waals surface area (Å²) >= 11 is 6.29. The van der Waals surface area contributed by atoms with Crippen molar-refractivity contribution in [2.45, 2.75) is 39.8 Å². The van der Waals surface area contributed by atoms with Crippen molar-refractivity contribution in [2.24, 2.45) is 0 Å². The van der Waals surface area contributed by atoms with Crippen molar-refractivity contribution in [1.29, 1.82) is 0 Å². The lowest BCUT2D eigenvalue weighted by molar-refractivity contribution is 0.242. The second kappa shape index (κ2) is 6.11. The molecule has 0 saturated heterocycles. The van der Waals surface area contributed by atoms with Crippen LogP contribution in [0, 0.1) is 6.92 Å². The van der Waals surface area contributed by atoms with Crippen molar-refractivity contribution in [2.75, 3.05) is 0 Å². The van der Waals surface area contributed by atoms with Crippen molar-refractivity contribution in [1.82, 2.24) is 9.55 Å². The molecular weight excluding hydrogens is 260 g/mol. The van der Waals surface area contributed by atoms with Gasteiger partial charge in [0.2, 0.25) is 0 Å². The topological polar surface area (TPSA) is 27.1 Å². The van der Waals surface area contributed by atoms with Gasteiger partial charge in [-0.05, 0) is 44.9 Å². The molecular formula is C15H19ClN2O. The van der Waals surface area contributed by atoms with Crippen molar-refractivity contribution >= 4 is 11.6 Å². The van der Waals surface area contributed by atoms with Crippen molar-refractivity contribution in [3.63, 3.8) is 0 Å². The summed E-state index contributed by atoms with van der Waals surface area (Å²) in [5.74, 6) is 1.85. The lowest BCUT2D eigenvalue weighted by atomic mass is 10.1. The molecule has 19 heavy (non-hydrogen) atoms. The lowest BCUT2D eigenvalue weighted by Crippen LogP contribution is -2.06. The molecule has 102 valence electrons. The second-order valence-electron chi connectivity index (χ2n) is 4.84. The Balaban J connectivity index is 2.03. The standard InChI is InChI=1S/C15H19ClN2O/c1-11(2)19-14-5-4-13(15(16)10-14)6-8-18-9-7-17-12(18)3/h4-5,7,9-11H,6,8H2,1-3H3. The van der Waals surface area contributed by atoms with Gasteiger partial charge in [-0.25, -0.2) is 4.98 Å². The Morgan fingerprint density at radius 3 is 2.74 bits per heavy atom. The van der Waals surface area contributed by atoms with E-state index >= 15 is 0 Å². The van der Waals surface area contributed by atoms with E-state index in [2.05, 4.69) is 9.55 Å². The maximum absolute atomic E-state index is 6.29. The van der Waals surface area contributed by atoms with Gasteiger partial charge in [0, 0.05) is 24.0 Å². The first-order valence-corrected chi connectivity index (χ1v) is 6.87. The largest absolute Gasteiger partial charge is 0.491 e. The first-order chi connectivity index (χ1) is 9.06. The average molecular weight is 279 g/mol. The van der Waals surface area contributed by atoms with Gasteiger partial charge in [0.15, 0.2) is 0 Å². The van der Waals surface area contributed by atoms with Gasteiger partial charge in [-0.1, -0.05) is 17.7 Å². The van der Waals surface area contributed by atoms with E-state index in [0.29, 0.717) is 0 Å². The number of hydrogen-bond donors (Lipinski definition) is 0. The van der Waals surface area contributed by atoms with Gasteiger partial charge in [0.25, 0.3) is 0 Å². The van der Waals surface area contributed by atoms with Gasteiger partial charge in [-0.3, -0.25) is 0 Å². The number of rotatable bonds is 5. The van der Waals surface area contributed by atoms with Crippen LogP contribution in [-0.2, 0) is 13.0 Å². The van der Waals surface area contributed by atoms with Crippen LogP contribution in [0.2, 0.25) is 5.02 Å². The first kappa shape index (κ1) is 13.9. The Labute approximate surface area is 119 Å².